The van der Waals surface area contributed by atoms with Crippen LogP contribution < -0.4 is 10.4 Å². The lowest BCUT2D eigenvalue weighted by Crippen LogP contribution is -2.50. The van der Waals surface area contributed by atoms with Crippen LogP contribution in [-0.4, -0.2) is 17.9 Å². The molecule has 0 aromatic rings. The minimum Gasteiger partial charge on any atom is -0.548 e. The van der Waals surface area contributed by atoms with Gasteiger partial charge in [-0.1, -0.05) is 45.6 Å². The maximum atomic E-state index is 11.6. The molecule has 0 aliphatic heterocycles. The van der Waals surface area contributed by atoms with Gasteiger partial charge in [0.2, 0.25) is 5.91 Å². The first-order chi connectivity index (χ1) is 9.49. The normalized spacial score (nSPS) is 12.2. The van der Waals surface area contributed by atoms with Gasteiger partial charge in [0, 0.05) is 6.42 Å². The molecule has 0 unspecified atom stereocenters. The Kier molecular flexibility index (Phi) is 10.7. The number of aliphatic carboxylic acids is 1. The highest BCUT2D eigenvalue weighted by Crippen LogP contribution is 2.09. The van der Waals surface area contributed by atoms with E-state index in [2.05, 4.69) is 11.9 Å². The van der Waals surface area contributed by atoms with Crippen molar-refractivity contribution >= 4 is 11.9 Å². The highest BCUT2D eigenvalue weighted by molar-refractivity contribution is 5.82. The Morgan fingerprint density at radius 2 is 1.65 bits per heavy atom. The molecular weight excluding hydrogens is 254 g/mol. The van der Waals surface area contributed by atoms with Gasteiger partial charge in [-0.3, -0.25) is 4.79 Å². The molecule has 0 aromatic heterocycles. The number of hydrogen-bond acceptors (Lipinski definition) is 3. The number of carboxylic acids is 1. The van der Waals surface area contributed by atoms with Crippen LogP contribution in [0.15, 0.2) is 12.7 Å². The number of carboxylic acid groups (broad SMARTS) is 1. The minimum atomic E-state index is -1.21. The molecule has 20 heavy (non-hydrogen) atoms. The van der Waals surface area contributed by atoms with Gasteiger partial charge in [-0.2, -0.15) is 0 Å². The Morgan fingerprint density at radius 3 is 2.15 bits per heavy atom. The topological polar surface area (TPSA) is 69.2 Å². The van der Waals surface area contributed by atoms with Crippen LogP contribution in [0.3, 0.4) is 0 Å². The standard InChI is InChI=1S/C16H29NO3/c1-4-5-6-7-8-9-10-11-12-14(18)17-15(13(2)3)16(19)20/h4,13,15H,1,5-12H2,2-3H3,(H,17,18)(H,19,20)/p-1/t15-/m0/s1. The Morgan fingerprint density at radius 1 is 1.10 bits per heavy atom. The summed E-state index contributed by atoms with van der Waals surface area (Å²) in [5, 5.41) is 13.4. The minimum absolute atomic E-state index is 0.159. The third-order valence-corrected chi connectivity index (χ3v) is 3.30. The van der Waals surface area contributed by atoms with Crippen molar-refractivity contribution in [1.29, 1.82) is 0 Å². The van der Waals surface area contributed by atoms with E-state index in [4.69, 9.17) is 0 Å². The number of hydrogen-bond donors (Lipinski definition) is 1. The number of unbranched alkanes of at least 4 members (excludes halogenated alkanes) is 6. The molecule has 4 nitrogen and oxygen atoms in total. The van der Waals surface area contributed by atoms with Gasteiger partial charge in [-0.25, -0.2) is 0 Å². The number of nitrogens with one attached hydrogen (secondary N) is 1. The molecule has 0 rings (SSSR count). The Labute approximate surface area is 122 Å². The fraction of sp³-hybridized carbons (Fsp3) is 0.750. The quantitative estimate of drug-likeness (QED) is 0.440. The van der Waals surface area contributed by atoms with Crippen molar-refractivity contribution in [3.05, 3.63) is 12.7 Å². The van der Waals surface area contributed by atoms with Gasteiger partial charge >= 0.3 is 0 Å². The summed E-state index contributed by atoms with van der Waals surface area (Å²) in [4.78, 5) is 22.5. The molecule has 0 aliphatic rings. The molecule has 1 atom stereocenters. The Hall–Kier alpha value is -1.32. The van der Waals surface area contributed by atoms with Gasteiger partial charge < -0.3 is 15.2 Å². The zero-order valence-electron chi connectivity index (χ0n) is 12.8. The van der Waals surface area contributed by atoms with E-state index in [0.717, 1.165) is 25.7 Å². The van der Waals surface area contributed by atoms with Gasteiger partial charge in [0.1, 0.15) is 0 Å². The van der Waals surface area contributed by atoms with Crippen LogP contribution in [0.4, 0.5) is 0 Å². The Balaban J connectivity index is 3.62. The third kappa shape index (κ3) is 9.59. The van der Waals surface area contributed by atoms with E-state index in [1.54, 1.807) is 13.8 Å². The van der Waals surface area contributed by atoms with Crippen LogP contribution in [0.2, 0.25) is 0 Å². The van der Waals surface area contributed by atoms with Crippen molar-refractivity contribution in [3.8, 4) is 0 Å². The van der Waals surface area contributed by atoms with Crippen molar-refractivity contribution in [2.45, 2.75) is 71.3 Å². The number of rotatable bonds is 12. The molecule has 1 N–H and O–H groups in total. The van der Waals surface area contributed by atoms with Crippen molar-refractivity contribution in [3.63, 3.8) is 0 Å². The molecule has 0 fully saturated rings. The van der Waals surface area contributed by atoms with Crippen molar-refractivity contribution in [2.75, 3.05) is 0 Å². The smallest absolute Gasteiger partial charge is 0.220 e. The van der Waals surface area contributed by atoms with Gasteiger partial charge in [0.05, 0.1) is 12.0 Å². The van der Waals surface area contributed by atoms with E-state index in [1.807, 2.05) is 6.08 Å². The summed E-state index contributed by atoms with van der Waals surface area (Å²) in [6, 6.07) is -0.888. The highest BCUT2D eigenvalue weighted by atomic mass is 16.4. The van der Waals surface area contributed by atoms with Gasteiger partial charge in [0.25, 0.3) is 0 Å². The molecule has 0 heterocycles. The van der Waals surface area contributed by atoms with E-state index in [9.17, 15) is 14.7 Å². The summed E-state index contributed by atoms with van der Waals surface area (Å²) >= 11 is 0. The number of carbonyl (C=O) groups excluding carboxylic acids is 2. The van der Waals surface area contributed by atoms with Crippen LogP contribution in [0, 0.1) is 5.92 Å². The summed E-state index contributed by atoms with van der Waals surface area (Å²) in [7, 11) is 0. The monoisotopic (exact) mass is 282 g/mol. The first-order valence-electron chi connectivity index (χ1n) is 7.60. The average molecular weight is 282 g/mol. The lowest BCUT2D eigenvalue weighted by Gasteiger charge is -2.23. The second-order valence-corrected chi connectivity index (χ2v) is 5.56. The van der Waals surface area contributed by atoms with Crippen LogP contribution in [-0.2, 0) is 9.59 Å². The molecule has 4 heteroatoms. The fourth-order valence-electron chi connectivity index (χ4n) is 2.02. The zero-order chi connectivity index (χ0) is 15.4. The average Bonchev–Trinajstić information content (AvgIpc) is 2.38. The second-order valence-electron chi connectivity index (χ2n) is 5.56. The zero-order valence-corrected chi connectivity index (χ0v) is 12.8. The molecule has 0 aromatic carbocycles. The van der Waals surface area contributed by atoms with Gasteiger partial charge in [-0.05, 0) is 25.2 Å². The number of allylic oxidation sites excluding steroid dienone is 1. The van der Waals surface area contributed by atoms with Gasteiger partial charge in [-0.15, -0.1) is 6.58 Å². The fourth-order valence-corrected chi connectivity index (χ4v) is 2.02. The largest absolute Gasteiger partial charge is 0.548 e. The molecule has 116 valence electrons. The highest BCUT2D eigenvalue weighted by Gasteiger charge is 2.16. The lowest BCUT2D eigenvalue weighted by atomic mass is 10.0. The van der Waals surface area contributed by atoms with Gasteiger partial charge in [0.15, 0.2) is 0 Å². The molecular formula is C16H28NO3-. The summed E-state index contributed by atoms with van der Waals surface area (Å²) in [5.41, 5.74) is 0. The molecule has 0 saturated heterocycles. The maximum Gasteiger partial charge on any atom is 0.220 e. The molecule has 0 bridgehead atoms. The Bertz CT molecular complexity index is 300. The van der Waals surface area contributed by atoms with E-state index in [1.165, 1.54) is 19.3 Å². The van der Waals surface area contributed by atoms with E-state index < -0.39 is 12.0 Å². The number of carbonyl (C=O) groups is 2. The van der Waals surface area contributed by atoms with Crippen molar-refractivity contribution in [1.82, 2.24) is 5.32 Å². The number of amides is 1. The maximum absolute atomic E-state index is 11.6. The first-order valence-corrected chi connectivity index (χ1v) is 7.60. The lowest BCUT2D eigenvalue weighted by molar-refractivity contribution is -0.309. The second kappa shape index (κ2) is 11.5. The predicted octanol–water partition coefficient (Wildman–Crippen LogP) is 2.18. The van der Waals surface area contributed by atoms with Crippen LogP contribution >= 0.6 is 0 Å². The van der Waals surface area contributed by atoms with Crippen LogP contribution in [0.5, 0.6) is 0 Å². The summed E-state index contributed by atoms with van der Waals surface area (Å²) in [6.07, 6.45) is 9.92. The van der Waals surface area contributed by atoms with E-state index >= 15 is 0 Å². The SMILES string of the molecule is C=CCCCCCCCCC(=O)N[C@H](C(=O)[O-])C(C)C. The summed E-state index contributed by atoms with van der Waals surface area (Å²) in [5.74, 6) is -1.57. The molecule has 0 aliphatic carbocycles. The molecule has 0 saturated carbocycles. The third-order valence-electron chi connectivity index (χ3n) is 3.30. The predicted molar refractivity (Wildman–Crippen MR) is 78.9 cm³/mol. The van der Waals surface area contributed by atoms with Crippen molar-refractivity contribution < 1.29 is 14.7 Å². The summed E-state index contributed by atoms with van der Waals surface area (Å²) in [6.45, 7) is 7.19. The van der Waals surface area contributed by atoms with E-state index in [-0.39, 0.29) is 11.8 Å². The first kappa shape index (κ1) is 18.7. The molecule has 0 radical (unpaired) electrons. The van der Waals surface area contributed by atoms with Crippen LogP contribution in [0.1, 0.15) is 65.2 Å². The van der Waals surface area contributed by atoms with E-state index in [0.29, 0.717) is 6.42 Å². The summed E-state index contributed by atoms with van der Waals surface area (Å²) < 4.78 is 0. The van der Waals surface area contributed by atoms with Crippen molar-refractivity contribution in [2.24, 2.45) is 5.92 Å². The molecule has 1 amide bonds. The van der Waals surface area contributed by atoms with Crippen LogP contribution in [0.25, 0.3) is 0 Å². The molecule has 0 spiro atoms.